The number of piperidine rings is 1. The molecule has 142 valence electrons. The fraction of sp³-hybridized carbons (Fsp3) is 0.476. The normalized spacial score (nSPS) is 18.9. The van der Waals surface area contributed by atoms with Gasteiger partial charge < -0.3 is 14.7 Å². The second-order valence-corrected chi connectivity index (χ2v) is 8.60. The van der Waals surface area contributed by atoms with E-state index in [1.165, 1.54) is 5.57 Å². The molecular weight excluding hydrogens is 342 g/mol. The van der Waals surface area contributed by atoms with Crippen molar-refractivity contribution < 1.29 is 14.6 Å². The van der Waals surface area contributed by atoms with E-state index in [1.807, 2.05) is 20.8 Å². The van der Waals surface area contributed by atoms with Crippen LogP contribution in [-0.2, 0) is 4.74 Å². The topological polar surface area (TPSA) is 75.5 Å². The van der Waals surface area contributed by atoms with E-state index in [4.69, 9.17) is 4.74 Å². The Morgan fingerprint density at radius 2 is 1.93 bits per heavy atom. The molecule has 0 unspecified atom stereocenters. The van der Waals surface area contributed by atoms with Crippen LogP contribution in [0.2, 0.25) is 0 Å². The van der Waals surface area contributed by atoms with E-state index < -0.39 is 5.60 Å². The van der Waals surface area contributed by atoms with Gasteiger partial charge in [-0.15, -0.1) is 0 Å². The number of phenols is 1. The van der Waals surface area contributed by atoms with Gasteiger partial charge in [0.25, 0.3) is 0 Å². The van der Waals surface area contributed by atoms with Crippen LogP contribution in [0.3, 0.4) is 0 Å². The van der Waals surface area contributed by atoms with Gasteiger partial charge in [-0.05, 0) is 63.2 Å². The Hall–Kier alpha value is -2.63. The molecule has 0 saturated carbocycles. The lowest BCUT2D eigenvalue weighted by Crippen LogP contribution is -2.46. The zero-order chi connectivity index (χ0) is 19.2. The second-order valence-electron chi connectivity index (χ2n) is 8.60. The number of allylic oxidation sites excluding steroid dienone is 2. The summed E-state index contributed by atoms with van der Waals surface area (Å²) in [6, 6.07) is 5.03. The Morgan fingerprint density at radius 1 is 1.22 bits per heavy atom. The number of amides is 1. The van der Waals surface area contributed by atoms with Crippen molar-refractivity contribution in [3.05, 3.63) is 36.2 Å². The number of carbonyl (C=O) groups is 1. The minimum Gasteiger partial charge on any atom is -0.508 e. The van der Waals surface area contributed by atoms with Crippen LogP contribution in [0, 0.1) is 5.41 Å². The molecule has 1 fully saturated rings. The van der Waals surface area contributed by atoms with E-state index in [1.54, 1.807) is 29.3 Å². The summed E-state index contributed by atoms with van der Waals surface area (Å²) in [5.41, 5.74) is 3.24. The van der Waals surface area contributed by atoms with Crippen molar-refractivity contribution in [3.63, 3.8) is 0 Å². The summed E-state index contributed by atoms with van der Waals surface area (Å²) in [6.45, 7) is 7.11. The Bertz CT molecular complexity index is 922. The zero-order valence-electron chi connectivity index (χ0n) is 16.0. The van der Waals surface area contributed by atoms with Crippen LogP contribution < -0.4 is 0 Å². The van der Waals surface area contributed by atoms with Gasteiger partial charge in [0.1, 0.15) is 11.4 Å². The maximum absolute atomic E-state index is 12.2. The van der Waals surface area contributed by atoms with Crippen molar-refractivity contribution in [2.45, 2.75) is 45.6 Å². The lowest BCUT2D eigenvalue weighted by Gasteiger charge is -2.46. The van der Waals surface area contributed by atoms with Gasteiger partial charge in [-0.25, -0.2) is 9.78 Å². The molecule has 1 spiro atoms. The molecule has 6 heteroatoms. The summed E-state index contributed by atoms with van der Waals surface area (Å²) in [5.74, 6) is 0.197. The number of nitrogens with zero attached hydrogens (tertiary/aromatic N) is 3. The molecule has 2 aromatic rings. The molecule has 0 bridgehead atoms. The lowest BCUT2D eigenvalue weighted by atomic mass is 9.64. The maximum Gasteiger partial charge on any atom is 0.410 e. The molecule has 1 aromatic heterocycles. The molecule has 2 heterocycles. The van der Waals surface area contributed by atoms with Crippen LogP contribution in [-0.4, -0.2) is 44.8 Å². The van der Waals surface area contributed by atoms with Gasteiger partial charge >= 0.3 is 6.09 Å². The molecule has 0 atom stereocenters. The number of fused-ring (bicyclic) bond motifs is 1. The highest BCUT2D eigenvalue weighted by Crippen LogP contribution is 2.50. The third-order valence-corrected chi connectivity index (χ3v) is 5.29. The average molecular weight is 367 g/mol. The second kappa shape index (κ2) is 6.22. The first-order valence-electron chi connectivity index (χ1n) is 9.39. The van der Waals surface area contributed by atoms with Crippen molar-refractivity contribution in [3.8, 4) is 5.75 Å². The zero-order valence-corrected chi connectivity index (χ0v) is 16.0. The van der Waals surface area contributed by atoms with Crippen molar-refractivity contribution in [1.29, 1.82) is 0 Å². The van der Waals surface area contributed by atoms with Gasteiger partial charge in [0.05, 0.1) is 22.9 Å². The molecule has 1 aliphatic carbocycles. The minimum atomic E-state index is -0.459. The van der Waals surface area contributed by atoms with Crippen molar-refractivity contribution in [1.82, 2.24) is 14.9 Å². The van der Waals surface area contributed by atoms with E-state index in [-0.39, 0.29) is 17.3 Å². The standard InChI is InChI=1S/C21H25N3O3/c1-20(2,3)27-19(26)24-8-6-21(7-9-24)11-14(12-21)18-13-22-16-5-4-15(25)10-17(16)23-18/h4-5,10-11,13,25H,6-9,12H2,1-3H3. The number of ether oxygens (including phenoxy) is 1. The number of aromatic hydroxyl groups is 1. The lowest BCUT2D eigenvalue weighted by molar-refractivity contribution is 0.0137. The number of phenolic OH excluding ortho intramolecular Hbond substituents is 1. The van der Waals surface area contributed by atoms with E-state index in [9.17, 15) is 9.90 Å². The Labute approximate surface area is 158 Å². The van der Waals surface area contributed by atoms with Crippen molar-refractivity contribution >= 4 is 22.7 Å². The van der Waals surface area contributed by atoms with E-state index >= 15 is 0 Å². The largest absolute Gasteiger partial charge is 0.508 e. The van der Waals surface area contributed by atoms with Crippen molar-refractivity contribution in [2.24, 2.45) is 5.41 Å². The Morgan fingerprint density at radius 3 is 2.59 bits per heavy atom. The highest BCUT2D eigenvalue weighted by Gasteiger charge is 2.41. The van der Waals surface area contributed by atoms with Crippen molar-refractivity contribution in [2.75, 3.05) is 13.1 Å². The number of rotatable bonds is 1. The molecule has 4 rings (SSSR count). The van der Waals surface area contributed by atoms with Crippen LogP contribution >= 0.6 is 0 Å². The smallest absolute Gasteiger partial charge is 0.410 e. The van der Waals surface area contributed by atoms with E-state index in [0.29, 0.717) is 5.52 Å². The molecule has 0 radical (unpaired) electrons. The first-order chi connectivity index (χ1) is 12.7. The fourth-order valence-electron chi connectivity index (χ4n) is 3.82. The molecule has 1 saturated heterocycles. The molecule has 1 amide bonds. The number of carbonyl (C=O) groups excluding carboxylic acids is 1. The van der Waals surface area contributed by atoms with E-state index in [0.717, 1.165) is 43.6 Å². The van der Waals surface area contributed by atoms with Gasteiger partial charge in [0, 0.05) is 19.2 Å². The van der Waals surface area contributed by atoms with E-state index in [2.05, 4.69) is 16.0 Å². The summed E-state index contributed by atoms with van der Waals surface area (Å²) >= 11 is 0. The summed E-state index contributed by atoms with van der Waals surface area (Å²) < 4.78 is 5.47. The van der Waals surface area contributed by atoms with Crippen LogP contribution in [0.25, 0.3) is 16.6 Å². The highest BCUT2D eigenvalue weighted by atomic mass is 16.6. The molecule has 2 aliphatic rings. The fourth-order valence-corrected chi connectivity index (χ4v) is 3.82. The first-order valence-corrected chi connectivity index (χ1v) is 9.39. The number of hydrogen-bond donors (Lipinski definition) is 1. The van der Waals surface area contributed by atoms with Gasteiger partial charge in [-0.3, -0.25) is 4.98 Å². The summed E-state index contributed by atoms with van der Waals surface area (Å²) in [7, 11) is 0. The number of benzene rings is 1. The monoisotopic (exact) mass is 367 g/mol. The predicted octanol–water partition coefficient (Wildman–Crippen LogP) is 4.14. The summed E-state index contributed by atoms with van der Waals surface area (Å²) in [5, 5.41) is 9.65. The quantitative estimate of drug-likeness (QED) is 0.820. The van der Waals surface area contributed by atoms with Crippen LogP contribution in [0.4, 0.5) is 4.79 Å². The van der Waals surface area contributed by atoms with Gasteiger partial charge in [-0.1, -0.05) is 6.08 Å². The number of aromatic nitrogens is 2. The van der Waals surface area contributed by atoms with Gasteiger partial charge in [0.2, 0.25) is 0 Å². The third kappa shape index (κ3) is 3.61. The molecule has 6 nitrogen and oxygen atoms in total. The minimum absolute atomic E-state index is 0.156. The third-order valence-electron chi connectivity index (χ3n) is 5.29. The molecule has 1 aliphatic heterocycles. The van der Waals surface area contributed by atoms with Gasteiger partial charge in [0.15, 0.2) is 0 Å². The Kier molecular flexibility index (Phi) is 4.09. The maximum atomic E-state index is 12.2. The van der Waals surface area contributed by atoms with Crippen LogP contribution in [0.1, 0.15) is 45.7 Å². The summed E-state index contributed by atoms with van der Waals surface area (Å²) in [4.78, 5) is 23.1. The Balaban J connectivity index is 1.43. The number of likely N-dealkylation sites (tertiary alicyclic amines) is 1. The first kappa shape index (κ1) is 17.8. The van der Waals surface area contributed by atoms with Crippen LogP contribution in [0.5, 0.6) is 5.75 Å². The highest BCUT2D eigenvalue weighted by molar-refractivity contribution is 5.79. The van der Waals surface area contributed by atoms with Gasteiger partial charge in [-0.2, -0.15) is 0 Å². The molecular formula is C21H25N3O3. The summed E-state index contributed by atoms with van der Waals surface area (Å²) in [6.07, 6.45) is 6.70. The number of hydrogen-bond acceptors (Lipinski definition) is 5. The van der Waals surface area contributed by atoms with Crippen LogP contribution in [0.15, 0.2) is 30.5 Å². The average Bonchev–Trinajstić information content (AvgIpc) is 2.57. The predicted molar refractivity (Wildman–Crippen MR) is 103 cm³/mol. The molecule has 1 N–H and O–H groups in total. The molecule has 27 heavy (non-hydrogen) atoms. The SMILES string of the molecule is CC(C)(C)OC(=O)N1CCC2(C=C(c3cnc4ccc(O)cc4n3)C2)CC1. The molecule has 1 aromatic carbocycles.